The second-order valence-electron chi connectivity index (χ2n) is 7.79. The molecule has 0 unspecified atom stereocenters. The highest BCUT2D eigenvalue weighted by Gasteiger charge is 2.20. The number of anilines is 1. The van der Waals surface area contributed by atoms with Crippen LogP contribution in [0, 0.1) is 0 Å². The number of ether oxygens (including phenoxy) is 1. The normalized spacial score (nSPS) is 14.9. The molecule has 3 aromatic carbocycles. The van der Waals surface area contributed by atoms with E-state index < -0.39 is 10.0 Å². The summed E-state index contributed by atoms with van der Waals surface area (Å²) in [5, 5.41) is 2.78. The first-order chi connectivity index (χ1) is 15.9. The Morgan fingerprint density at radius 3 is 2.48 bits per heavy atom. The van der Waals surface area contributed by atoms with Gasteiger partial charge in [-0.1, -0.05) is 36.4 Å². The number of amidine groups is 1. The van der Waals surface area contributed by atoms with Crippen molar-refractivity contribution >= 4 is 27.5 Å². The lowest BCUT2D eigenvalue weighted by atomic mass is 10.2. The van der Waals surface area contributed by atoms with Crippen molar-refractivity contribution < 1.29 is 17.9 Å². The van der Waals surface area contributed by atoms with Crippen molar-refractivity contribution in [3.63, 3.8) is 0 Å². The molecule has 8 heteroatoms. The number of carbonyl (C=O) groups excluding carboxylic acids is 1. The van der Waals surface area contributed by atoms with Crippen LogP contribution in [0.4, 0.5) is 5.69 Å². The number of nitrogens with zero attached hydrogens (tertiary/aromatic N) is 2. The smallest absolute Gasteiger partial charge is 0.283 e. The fraction of sp³-hybridized carbons (Fsp3) is 0.200. The summed E-state index contributed by atoms with van der Waals surface area (Å²) in [6, 6.07) is 22.7. The van der Waals surface area contributed by atoms with E-state index in [0.717, 1.165) is 18.5 Å². The van der Waals surface area contributed by atoms with Crippen molar-refractivity contribution in [1.29, 1.82) is 0 Å². The van der Waals surface area contributed by atoms with Crippen LogP contribution in [-0.4, -0.2) is 38.7 Å². The van der Waals surface area contributed by atoms with Crippen LogP contribution in [0.3, 0.4) is 0 Å². The van der Waals surface area contributed by atoms with Crippen molar-refractivity contribution in [3.05, 3.63) is 90.0 Å². The molecule has 1 aliphatic rings. The van der Waals surface area contributed by atoms with Crippen LogP contribution >= 0.6 is 0 Å². The third-order valence-corrected chi connectivity index (χ3v) is 6.63. The van der Waals surface area contributed by atoms with Gasteiger partial charge in [-0.3, -0.25) is 4.79 Å². The molecule has 0 saturated carbocycles. The molecular weight excluding hydrogens is 438 g/mol. The largest absolute Gasteiger partial charge is 0.489 e. The first-order valence-electron chi connectivity index (χ1n) is 10.6. The third-order valence-electron chi connectivity index (χ3n) is 5.31. The number of hydrogen-bond donors (Lipinski definition) is 1. The summed E-state index contributed by atoms with van der Waals surface area (Å²) in [7, 11) is -1.96. The maximum Gasteiger partial charge on any atom is 0.283 e. The monoisotopic (exact) mass is 463 g/mol. The summed E-state index contributed by atoms with van der Waals surface area (Å²) in [5.41, 5.74) is 1.96. The van der Waals surface area contributed by atoms with E-state index in [9.17, 15) is 13.2 Å². The van der Waals surface area contributed by atoms with Gasteiger partial charge < -0.3 is 15.0 Å². The van der Waals surface area contributed by atoms with Gasteiger partial charge in [0.15, 0.2) is 0 Å². The number of carbonyl (C=O) groups is 1. The highest BCUT2D eigenvalue weighted by Crippen LogP contribution is 2.21. The molecule has 4 rings (SSSR count). The zero-order valence-corrected chi connectivity index (χ0v) is 19.1. The van der Waals surface area contributed by atoms with Gasteiger partial charge >= 0.3 is 0 Å². The molecule has 1 amide bonds. The number of sulfonamides is 1. The van der Waals surface area contributed by atoms with Crippen LogP contribution in [0.15, 0.2) is 88.2 Å². The topological polar surface area (TPSA) is 88.1 Å². The predicted molar refractivity (Wildman–Crippen MR) is 128 cm³/mol. The lowest BCUT2D eigenvalue weighted by Crippen LogP contribution is -2.20. The summed E-state index contributed by atoms with van der Waals surface area (Å²) >= 11 is 0. The van der Waals surface area contributed by atoms with E-state index >= 15 is 0 Å². The fourth-order valence-electron chi connectivity index (χ4n) is 3.48. The molecule has 1 heterocycles. The number of nitrogens with one attached hydrogen (secondary N) is 1. The first-order valence-corrected chi connectivity index (χ1v) is 12.1. The Morgan fingerprint density at radius 1 is 1.03 bits per heavy atom. The molecule has 0 spiro atoms. The van der Waals surface area contributed by atoms with Crippen LogP contribution in [0.2, 0.25) is 0 Å². The standard InChI is InChI=1S/C25H25N3O4S/c1-28-16-6-11-24(28)27-33(30,31)23-14-12-21(13-15-23)26-25(29)20-9-5-10-22(17-20)32-18-19-7-3-2-4-8-19/h2-5,7-10,12-15,17H,6,11,16,18H2,1H3,(H,26,29)/b27-24+. The van der Waals surface area contributed by atoms with E-state index in [1.165, 1.54) is 12.1 Å². The number of hydrogen-bond acceptors (Lipinski definition) is 4. The summed E-state index contributed by atoms with van der Waals surface area (Å²) < 4.78 is 34.9. The summed E-state index contributed by atoms with van der Waals surface area (Å²) in [4.78, 5) is 14.6. The highest BCUT2D eigenvalue weighted by molar-refractivity contribution is 7.90. The van der Waals surface area contributed by atoms with E-state index in [2.05, 4.69) is 9.71 Å². The maximum atomic E-state index is 12.7. The molecule has 170 valence electrons. The molecule has 0 aromatic heterocycles. The molecule has 0 radical (unpaired) electrons. The fourth-order valence-corrected chi connectivity index (χ4v) is 4.58. The molecule has 1 N–H and O–H groups in total. The molecule has 0 aliphatic carbocycles. The van der Waals surface area contributed by atoms with Crippen LogP contribution in [0.25, 0.3) is 0 Å². The molecule has 0 bridgehead atoms. The zero-order chi connectivity index (χ0) is 23.3. The lowest BCUT2D eigenvalue weighted by molar-refractivity contribution is 0.102. The second kappa shape index (κ2) is 9.87. The third kappa shape index (κ3) is 5.78. The van der Waals surface area contributed by atoms with E-state index in [1.807, 2.05) is 42.3 Å². The Morgan fingerprint density at radius 2 is 1.79 bits per heavy atom. The Bertz CT molecular complexity index is 1260. The van der Waals surface area contributed by atoms with Crippen molar-refractivity contribution in [3.8, 4) is 5.75 Å². The second-order valence-corrected chi connectivity index (χ2v) is 9.39. The number of rotatable bonds is 7. The number of likely N-dealkylation sites (tertiary alicyclic amines) is 1. The number of benzene rings is 3. The molecule has 33 heavy (non-hydrogen) atoms. The van der Waals surface area contributed by atoms with E-state index in [-0.39, 0.29) is 10.8 Å². The van der Waals surface area contributed by atoms with Gasteiger partial charge in [-0.15, -0.1) is 4.40 Å². The average Bonchev–Trinajstić information content (AvgIpc) is 3.22. The van der Waals surface area contributed by atoms with Crippen LogP contribution in [0.5, 0.6) is 5.75 Å². The minimum Gasteiger partial charge on any atom is -0.489 e. The van der Waals surface area contributed by atoms with Gasteiger partial charge in [0.25, 0.3) is 15.9 Å². The molecule has 1 aliphatic heterocycles. The summed E-state index contributed by atoms with van der Waals surface area (Å²) in [6.07, 6.45) is 1.55. The Hall–Kier alpha value is -3.65. The molecule has 1 saturated heterocycles. The zero-order valence-electron chi connectivity index (χ0n) is 18.3. The van der Waals surface area contributed by atoms with Gasteiger partial charge in [0.2, 0.25) is 0 Å². The van der Waals surface area contributed by atoms with Crippen molar-refractivity contribution in [2.45, 2.75) is 24.3 Å². The van der Waals surface area contributed by atoms with Crippen molar-refractivity contribution in [2.24, 2.45) is 4.40 Å². The number of amides is 1. The Kier molecular flexibility index (Phi) is 6.74. The predicted octanol–water partition coefficient (Wildman–Crippen LogP) is 4.33. The van der Waals surface area contributed by atoms with E-state index in [4.69, 9.17) is 4.74 Å². The Balaban J connectivity index is 1.40. The van der Waals surface area contributed by atoms with Crippen molar-refractivity contribution in [2.75, 3.05) is 18.9 Å². The minimum atomic E-state index is -3.79. The van der Waals surface area contributed by atoms with Crippen LogP contribution in [-0.2, 0) is 16.6 Å². The lowest BCUT2D eigenvalue weighted by Gasteiger charge is -2.11. The minimum absolute atomic E-state index is 0.0876. The van der Waals surface area contributed by atoms with E-state index in [0.29, 0.717) is 35.9 Å². The van der Waals surface area contributed by atoms with Gasteiger partial charge in [0.1, 0.15) is 18.2 Å². The van der Waals surface area contributed by atoms with Crippen molar-refractivity contribution in [1.82, 2.24) is 4.90 Å². The quantitative estimate of drug-likeness (QED) is 0.563. The molecule has 7 nitrogen and oxygen atoms in total. The summed E-state index contributed by atoms with van der Waals surface area (Å²) in [6.45, 7) is 1.21. The molecular formula is C25H25N3O4S. The van der Waals surface area contributed by atoms with Gasteiger partial charge in [-0.05, 0) is 54.4 Å². The van der Waals surface area contributed by atoms with E-state index in [1.54, 1.807) is 36.4 Å². The van der Waals surface area contributed by atoms with Gasteiger partial charge in [0, 0.05) is 31.3 Å². The van der Waals surface area contributed by atoms with Crippen LogP contribution in [0.1, 0.15) is 28.8 Å². The van der Waals surface area contributed by atoms with Crippen LogP contribution < -0.4 is 10.1 Å². The van der Waals surface area contributed by atoms with Gasteiger partial charge in [0.05, 0.1) is 4.90 Å². The Labute approximate surface area is 193 Å². The summed E-state index contributed by atoms with van der Waals surface area (Å²) in [5.74, 6) is 0.842. The first kappa shape index (κ1) is 22.5. The molecule has 0 atom stereocenters. The van der Waals surface area contributed by atoms with Gasteiger partial charge in [-0.25, -0.2) is 0 Å². The highest BCUT2D eigenvalue weighted by atomic mass is 32.2. The average molecular weight is 464 g/mol. The maximum absolute atomic E-state index is 12.7. The van der Waals surface area contributed by atoms with Gasteiger partial charge in [-0.2, -0.15) is 8.42 Å². The molecule has 1 fully saturated rings. The molecule has 3 aromatic rings. The SMILES string of the molecule is CN1CCC/C1=N\S(=O)(=O)c1ccc(NC(=O)c2cccc(OCc3ccccc3)c2)cc1.